The molecule has 0 aliphatic heterocycles. The molecule has 1 atom stereocenters. The second kappa shape index (κ2) is 8.01. The Bertz CT molecular complexity index is 760. The zero-order valence-electron chi connectivity index (χ0n) is 12.6. The normalized spacial score (nSPS) is 12.1. The van der Waals surface area contributed by atoms with Crippen LogP contribution in [0.4, 0.5) is 8.78 Å². The van der Waals surface area contributed by atoms with Crippen molar-refractivity contribution < 1.29 is 23.5 Å². The lowest BCUT2D eigenvalue weighted by molar-refractivity contribution is -0.139. The van der Waals surface area contributed by atoms with Crippen LogP contribution in [0.2, 0.25) is 0 Å². The highest BCUT2D eigenvalue weighted by molar-refractivity contribution is 5.96. The lowest BCUT2D eigenvalue weighted by Crippen LogP contribution is -2.40. The van der Waals surface area contributed by atoms with Crippen LogP contribution in [0.15, 0.2) is 54.6 Å². The minimum absolute atomic E-state index is 0.00685. The maximum atomic E-state index is 13.6. The molecule has 2 rings (SSSR count). The Labute approximate surface area is 137 Å². The van der Waals surface area contributed by atoms with Crippen molar-refractivity contribution in [2.24, 2.45) is 0 Å². The summed E-state index contributed by atoms with van der Waals surface area (Å²) in [6.07, 6.45) is 3.31. The largest absolute Gasteiger partial charge is 0.480 e. The number of carboxylic acid groups (broad SMARTS) is 1. The van der Waals surface area contributed by atoms with Crippen molar-refractivity contribution in [3.05, 3.63) is 77.4 Å². The highest BCUT2D eigenvalue weighted by atomic mass is 19.2. The number of halogens is 2. The second-order valence-electron chi connectivity index (χ2n) is 5.01. The van der Waals surface area contributed by atoms with Crippen molar-refractivity contribution in [3.63, 3.8) is 0 Å². The number of benzene rings is 2. The third-order valence-electron chi connectivity index (χ3n) is 3.28. The minimum Gasteiger partial charge on any atom is -0.480 e. The number of nitrogens with one attached hydrogen (secondary N) is 1. The van der Waals surface area contributed by atoms with Gasteiger partial charge < -0.3 is 10.4 Å². The summed E-state index contributed by atoms with van der Waals surface area (Å²) in [5.41, 5.74) is 0.345. The van der Waals surface area contributed by atoms with Crippen molar-refractivity contribution in [2.75, 3.05) is 0 Å². The average molecular weight is 331 g/mol. The van der Waals surface area contributed by atoms with Gasteiger partial charge in [-0.1, -0.05) is 48.6 Å². The summed E-state index contributed by atoms with van der Waals surface area (Å²) >= 11 is 0. The quantitative estimate of drug-likeness (QED) is 0.854. The van der Waals surface area contributed by atoms with E-state index in [1.807, 2.05) is 30.3 Å². The first-order chi connectivity index (χ1) is 11.5. The van der Waals surface area contributed by atoms with Crippen molar-refractivity contribution in [1.82, 2.24) is 5.32 Å². The standard InChI is InChI=1S/C18H15F2NO3/c19-14-10-5-9-13(16(14)20)17(22)21-15(18(23)24)11-4-8-12-6-2-1-3-7-12/h1-10,15H,11H2,(H,21,22)(H,23,24)/b8-4+/t15-/m1/s1. The molecule has 0 heterocycles. The number of hydrogen-bond acceptors (Lipinski definition) is 2. The highest BCUT2D eigenvalue weighted by Crippen LogP contribution is 2.12. The van der Waals surface area contributed by atoms with Crippen LogP contribution in [-0.2, 0) is 4.79 Å². The Morgan fingerprint density at radius 3 is 2.46 bits per heavy atom. The van der Waals surface area contributed by atoms with Gasteiger partial charge in [-0.05, 0) is 24.1 Å². The van der Waals surface area contributed by atoms with E-state index in [2.05, 4.69) is 5.32 Å². The number of rotatable bonds is 6. The number of carboxylic acids is 1. The van der Waals surface area contributed by atoms with Crippen LogP contribution >= 0.6 is 0 Å². The molecule has 6 heteroatoms. The van der Waals surface area contributed by atoms with E-state index >= 15 is 0 Å². The lowest BCUT2D eigenvalue weighted by Gasteiger charge is -2.13. The van der Waals surface area contributed by atoms with E-state index in [1.165, 1.54) is 6.07 Å². The summed E-state index contributed by atoms with van der Waals surface area (Å²) in [5, 5.41) is 11.4. The molecule has 0 aliphatic rings. The molecule has 0 unspecified atom stereocenters. The Morgan fingerprint density at radius 1 is 1.08 bits per heavy atom. The molecule has 0 aromatic heterocycles. The number of carbonyl (C=O) groups excluding carboxylic acids is 1. The van der Waals surface area contributed by atoms with E-state index < -0.39 is 35.1 Å². The Kier molecular flexibility index (Phi) is 5.78. The van der Waals surface area contributed by atoms with Gasteiger partial charge in [0, 0.05) is 0 Å². The van der Waals surface area contributed by atoms with Gasteiger partial charge in [0.05, 0.1) is 5.56 Å². The predicted molar refractivity (Wildman–Crippen MR) is 85.3 cm³/mol. The van der Waals surface area contributed by atoms with Gasteiger partial charge in [0.2, 0.25) is 0 Å². The Balaban J connectivity index is 2.06. The van der Waals surface area contributed by atoms with Gasteiger partial charge in [-0.15, -0.1) is 0 Å². The molecular weight excluding hydrogens is 316 g/mol. The smallest absolute Gasteiger partial charge is 0.326 e. The van der Waals surface area contributed by atoms with E-state index in [4.69, 9.17) is 0 Å². The van der Waals surface area contributed by atoms with Crippen LogP contribution in [0.5, 0.6) is 0 Å². The number of carbonyl (C=O) groups is 2. The molecule has 1 amide bonds. The van der Waals surface area contributed by atoms with Gasteiger partial charge in [0.25, 0.3) is 5.91 Å². The first-order valence-electron chi connectivity index (χ1n) is 7.18. The van der Waals surface area contributed by atoms with Gasteiger partial charge in [-0.3, -0.25) is 4.79 Å². The van der Waals surface area contributed by atoms with E-state index in [0.717, 1.165) is 17.7 Å². The molecule has 0 fully saturated rings. The molecule has 24 heavy (non-hydrogen) atoms. The number of aliphatic carboxylic acids is 1. The van der Waals surface area contributed by atoms with Gasteiger partial charge in [0.1, 0.15) is 6.04 Å². The molecule has 0 spiro atoms. The summed E-state index contributed by atoms with van der Waals surface area (Å²) in [5.74, 6) is -4.72. The topological polar surface area (TPSA) is 66.4 Å². The first kappa shape index (κ1) is 17.3. The molecule has 4 nitrogen and oxygen atoms in total. The molecule has 0 bridgehead atoms. The van der Waals surface area contributed by atoms with E-state index in [1.54, 1.807) is 12.2 Å². The van der Waals surface area contributed by atoms with Crippen molar-refractivity contribution in [3.8, 4) is 0 Å². The molecule has 0 aliphatic carbocycles. The second-order valence-corrected chi connectivity index (χ2v) is 5.01. The van der Waals surface area contributed by atoms with Crippen LogP contribution in [0.25, 0.3) is 6.08 Å². The Hall–Kier alpha value is -3.02. The van der Waals surface area contributed by atoms with Crippen LogP contribution in [0.1, 0.15) is 22.3 Å². The number of amides is 1. The SMILES string of the molecule is O=C(N[C@H](C/C=C/c1ccccc1)C(=O)O)c1cccc(F)c1F. The lowest BCUT2D eigenvalue weighted by atomic mass is 10.1. The molecule has 124 valence electrons. The zero-order valence-corrected chi connectivity index (χ0v) is 12.6. The van der Waals surface area contributed by atoms with Gasteiger partial charge >= 0.3 is 5.97 Å². The maximum absolute atomic E-state index is 13.6. The van der Waals surface area contributed by atoms with Crippen LogP contribution < -0.4 is 5.32 Å². The molecule has 2 aromatic rings. The molecule has 2 N–H and O–H groups in total. The maximum Gasteiger partial charge on any atom is 0.326 e. The van der Waals surface area contributed by atoms with E-state index in [-0.39, 0.29) is 6.42 Å². The van der Waals surface area contributed by atoms with Crippen LogP contribution in [0.3, 0.4) is 0 Å². The van der Waals surface area contributed by atoms with Gasteiger partial charge in [-0.2, -0.15) is 0 Å². The molecule has 2 aromatic carbocycles. The highest BCUT2D eigenvalue weighted by Gasteiger charge is 2.22. The van der Waals surface area contributed by atoms with E-state index in [9.17, 15) is 23.5 Å². The zero-order chi connectivity index (χ0) is 17.5. The summed E-state index contributed by atoms with van der Waals surface area (Å²) < 4.78 is 26.7. The van der Waals surface area contributed by atoms with Crippen molar-refractivity contribution >= 4 is 18.0 Å². The van der Waals surface area contributed by atoms with Gasteiger partial charge in [-0.25, -0.2) is 13.6 Å². The molecule has 0 saturated heterocycles. The third-order valence-corrected chi connectivity index (χ3v) is 3.28. The molecule has 0 radical (unpaired) electrons. The van der Waals surface area contributed by atoms with Crippen molar-refractivity contribution in [2.45, 2.75) is 12.5 Å². The summed E-state index contributed by atoms with van der Waals surface area (Å²) in [7, 11) is 0. The van der Waals surface area contributed by atoms with Crippen molar-refractivity contribution in [1.29, 1.82) is 0 Å². The Morgan fingerprint density at radius 2 is 1.79 bits per heavy atom. The fraction of sp³-hybridized carbons (Fsp3) is 0.111. The van der Waals surface area contributed by atoms with Crippen LogP contribution in [-0.4, -0.2) is 23.0 Å². The number of hydrogen-bond donors (Lipinski definition) is 2. The monoisotopic (exact) mass is 331 g/mol. The summed E-state index contributed by atoms with van der Waals surface area (Å²) in [6, 6.07) is 11.1. The third kappa shape index (κ3) is 4.49. The fourth-order valence-corrected chi connectivity index (χ4v) is 2.04. The average Bonchev–Trinajstić information content (AvgIpc) is 2.57. The first-order valence-corrected chi connectivity index (χ1v) is 7.18. The predicted octanol–water partition coefficient (Wildman–Crippen LogP) is 3.25. The summed E-state index contributed by atoms with van der Waals surface area (Å²) in [6.45, 7) is 0. The molecule has 0 saturated carbocycles. The van der Waals surface area contributed by atoms with Gasteiger partial charge in [0.15, 0.2) is 11.6 Å². The van der Waals surface area contributed by atoms with E-state index in [0.29, 0.717) is 0 Å². The van der Waals surface area contributed by atoms with Crippen LogP contribution in [0, 0.1) is 11.6 Å². The fourth-order valence-electron chi connectivity index (χ4n) is 2.04. The molecular formula is C18H15F2NO3. The minimum atomic E-state index is -1.31. The summed E-state index contributed by atoms with van der Waals surface area (Å²) in [4.78, 5) is 23.2.